The highest BCUT2D eigenvalue weighted by molar-refractivity contribution is 7.13. The molecule has 0 unspecified atom stereocenters. The van der Waals surface area contributed by atoms with Crippen LogP contribution in [0.4, 0.5) is 5.69 Å². The maximum absolute atomic E-state index is 5.94. The number of aryl methyl sites for hydroxylation is 1. The fourth-order valence-electron chi connectivity index (χ4n) is 1.51. The van der Waals surface area contributed by atoms with Crippen LogP contribution < -0.4 is 5.73 Å². The van der Waals surface area contributed by atoms with Crippen LogP contribution in [0.1, 0.15) is 12.5 Å². The predicted octanol–water partition coefficient (Wildman–Crippen LogP) is 3.56. The summed E-state index contributed by atoms with van der Waals surface area (Å²) in [6.45, 7) is 2.12. The molecule has 1 nitrogen and oxygen atoms in total. The van der Waals surface area contributed by atoms with Gasteiger partial charge < -0.3 is 5.73 Å². The summed E-state index contributed by atoms with van der Waals surface area (Å²) in [5, 5.41) is 2.08. The maximum atomic E-state index is 5.94. The van der Waals surface area contributed by atoms with Crippen molar-refractivity contribution in [1.29, 1.82) is 0 Å². The van der Waals surface area contributed by atoms with E-state index in [4.69, 9.17) is 5.73 Å². The monoisotopic (exact) mass is 203 g/mol. The molecule has 1 aromatic carbocycles. The number of benzene rings is 1. The Labute approximate surface area is 88.2 Å². The van der Waals surface area contributed by atoms with Crippen LogP contribution >= 0.6 is 11.3 Å². The summed E-state index contributed by atoms with van der Waals surface area (Å²) in [4.78, 5) is 1.28. The molecule has 0 radical (unpaired) electrons. The van der Waals surface area contributed by atoms with Gasteiger partial charge in [-0.05, 0) is 35.1 Å². The van der Waals surface area contributed by atoms with E-state index in [0.29, 0.717) is 0 Å². The van der Waals surface area contributed by atoms with Crippen LogP contribution in [0.5, 0.6) is 0 Å². The third-order valence-corrected chi connectivity index (χ3v) is 3.25. The van der Waals surface area contributed by atoms with Crippen LogP contribution in [-0.2, 0) is 6.42 Å². The minimum Gasteiger partial charge on any atom is -0.398 e. The van der Waals surface area contributed by atoms with Gasteiger partial charge in [0.25, 0.3) is 0 Å². The van der Waals surface area contributed by atoms with Gasteiger partial charge in [-0.15, -0.1) is 11.3 Å². The topological polar surface area (TPSA) is 26.0 Å². The standard InChI is InChI=1S/C12H13NS/c1-2-9-5-6-10(8-11(9)13)12-4-3-7-14-12/h3-8H,2,13H2,1H3. The van der Waals surface area contributed by atoms with Crippen LogP contribution in [-0.4, -0.2) is 0 Å². The molecule has 0 amide bonds. The summed E-state index contributed by atoms with van der Waals surface area (Å²) in [7, 11) is 0. The lowest BCUT2D eigenvalue weighted by molar-refractivity contribution is 1.15. The van der Waals surface area contributed by atoms with Crippen molar-refractivity contribution < 1.29 is 0 Å². The normalized spacial score (nSPS) is 10.4. The maximum Gasteiger partial charge on any atom is 0.0352 e. The second kappa shape index (κ2) is 3.84. The van der Waals surface area contributed by atoms with Crippen LogP contribution in [0.15, 0.2) is 35.7 Å². The molecule has 0 saturated heterocycles. The first-order valence-electron chi connectivity index (χ1n) is 4.73. The molecule has 0 aliphatic rings. The van der Waals surface area contributed by atoms with Crippen LogP contribution in [0.25, 0.3) is 10.4 Å². The Balaban J connectivity index is 2.43. The number of hydrogen-bond acceptors (Lipinski definition) is 2. The average Bonchev–Trinajstić information content (AvgIpc) is 2.70. The minimum absolute atomic E-state index is 0.901. The molecular formula is C12H13NS. The van der Waals surface area contributed by atoms with Gasteiger partial charge in [-0.3, -0.25) is 0 Å². The molecule has 0 atom stereocenters. The smallest absolute Gasteiger partial charge is 0.0352 e. The largest absolute Gasteiger partial charge is 0.398 e. The third-order valence-electron chi connectivity index (χ3n) is 2.33. The van der Waals surface area contributed by atoms with Crippen molar-refractivity contribution in [2.75, 3.05) is 5.73 Å². The van der Waals surface area contributed by atoms with E-state index >= 15 is 0 Å². The number of hydrogen-bond donors (Lipinski definition) is 1. The van der Waals surface area contributed by atoms with E-state index < -0.39 is 0 Å². The lowest BCUT2D eigenvalue weighted by Crippen LogP contribution is -1.92. The Hall–Kier alpha value is -1.28. The molecule has 72 valence electrons. The van der Waals surface area contributed by atoms with Crippen molar-refractivity contribution in [2.24, 2.45) is 0 Å². The molecule has 2 rings (SSSR count). The van der Waals surface area contributed by atoms with E-state index in [2.05, 4.69) is 42.6 Å². The van der Waals surface area contributed by atoms with Crippen molar-refractivity contribution in [3.05, 3.63) is 41.3 Å². The van der Waals surface area contributed by atoms with Gasteiger partial charge >= 0.3 is 0 Å². The zero-order valence-electron chi connectivity index (χ0n) is 8.16. The molecular weight excluding hydrogens is 190 g/mol. The first-order chi connectivity index (χ1) is 6.81. The van der Waals surface area contributed by atoms with E-state index in [1.54, 1.807) is 11.3 Å². The van der Waals surface area contributed by atoms with Crippen molar-refractivity contribution >= 4 is 17.0 Å². The minimum atomic E-state index is 0.901. The molecule has 1 aromatic heterocycles. The highest BCUT2D eigenvalue weighted by atomic mass is 32.1. The second-order valence-electron chi connectivity index (χ2n) is 3.24. The fourth-order valence-corrected chi connectivity index (χ4v) is 2.24. The van der Waals surface area contributed by atoms with E-state index in [1.165, 1.54) is 16.0 Å². The Kier molecular flexibility index (Phi) is 2.55. The van der Waals surface area contributed by atoms with Gasteiger partial charge in [0.05, 0.1) is 0 Å². The van der Waals surface area contributed by atoms with Crippen molar-refractivity contribution in [1.82, 2.24) is 0 Å². The lowest BCUT2D eigenvalue weighted by Gasteiger charge is -2.04. The molecule has 0 bridgehead atoms. The third kappa shape index (κ3) is 1.66. The van der Waals surface area contributed by atoms with Crippen molar-refractivity contribution in [2.45, 2.75) is 13.3 Å². The quantitative estimate of drug-likeness (QED) is 0.742. The average molecular weight is 203 g/mol. The van der Waals surface area contributed by atoms with Crippen LogP contribution in [0, 0.1) is 0 Å². The highest BCUT2D eigenvalue weighted by Gasteiger charge is 2.01. The van der Waals surface area contributed by atoms with Crippen LogP contribution in [0.3, 0.4) is 0 Å². The summed E-state index contributed by atoms with van der Waals surface area (Å²) >= 11 is 1.74. The molecule has 1 heterocycles. The lowest BCUT2D eigenvalue weighted by atomic mass is 10.1. The van der Waals surface area contributed by atoms with E-state index in [-0.39, 0.29) is 0 Å². The summed E-state index contributed by atoms with van der Waals surface area (Å²) < 4.78 is 0. The Morgan fingerprint density at radius 3 is 2.71 bits per heavy atom. The molecule has 2 N–H and O–H groups in total. The number of nitrogens with two attached hydrogens (primary N) is 1. The first kappa shape index (κ1) is 9.28. The van der Waals surface area contributed by atoms with Gasteiger partial charge in [0.2, 0.25) is 0 Å². The van der Waals surface area contributed by atoms with Crippen molar-refractivity contribution in [3.63, 3.8) is 0 Å². The molecule has 2 heteroatoms. The Morgan fingerprint density at radius 1 is 1.29 bits per heavy atom. The van der Waals surface area contributed by atoms with Gasteiger partial charge in [-0.1, -0.05) is 25.1 Å². The first-order valence-corrected chi connectivity index (χ1v) is 5.61. The molecule has 0 aliphatic carbocycles. The number of rotatable bonds is 2. The number of anilines is 1. The summed E-state index contributed by atoms with van der Waals surface area (Å²) in [6, 6.07) is 10.5. The highest BCUT2D eigenvalue weighted by Crippen LogP contribution is 2.27. The summed E-state index contributed by atoms with van der Waals surface area (Å²) in [6.07, 6.45) is 0.997. The van der Waals surface area contributed by atoms with E-state index in [0.717, 1.165) is 12.1 Å². The fraction of sp³-hybridized carbons (Fsp3) is 0.167. The van der Waals surface area contributed by atoms with E-state index in [9.17, 15) is 0 Å². The summed E-state index contributed by atoms with van der Waals surface area (Å²) in [5.74, 6) is 0. The zero-order chi connectivity index (χ0) is 9.97. The molecule has 0 spiro atoms. The molecule has 0 aliphatic heterocycles. The van der Waals surface area contributed by atoms with Crippen LogP contribution in [0.2, 0.25) is 0 Å². The predicted molar refractivity (Wildman–Crippen MR) is 63.5 cm³/mol. The van der Waals surface area contributed by atoms with Gasteiger partial charge in [0, 0.05) is 10.6 Å². The zero-order valence-corrected chi connectivity index (χ0v) is 8.97. The van der Waals surface area contributed by atoms with Gasteiger partial charge in [-0.2, -0.15) is 0 Å². The number of thiophene rings is 1. The molecule has 2 aromatic rings. The molecule has 14 heavy (non-hydrogen) atoms. The van der Waals surface area contributed by atoms with E-state index in [1.807, 2.05) is 0 Å². The van der Waals surface area contributed by atoms with Gasteiger partial charge in [0.1, 0.15) is 0 Å². The Bertz CT molecular complexity index is 418. The summed E-state index contributed by atoms with van der Waals surface area (Å²) in [5.41, 5.74) is 9.29. The van der Waals surface area contributed by atoms with Gasteiger partial charge in [0.15, 0.2) is 0 Å². The Morgan fingerprint density at radius 2 is 2.14 bits per heavy atom. The second-order valence-corrected chi connectivity index (χ2v) is 4.19. The number of nitrogen functional groups attached to an aromatic ring is 1. The molecule has 0 saturated carbocycles. The SMILES string of the molecule is CCc1ccc(-c2cccs2)cc1N. The van der Waals surface area contributed by atoms with Gasteiger partial charge in [-0.25, -0.2) is 0 Å². The van der Waals surface area contributed by atoms with Crippen molar-refractivity contribution in [3.8, 4) is 10.4 Å². The molecule has 0 fully saturated rings.